The summed E-state index contributed by atoms with van der Waals surface area (Å²) in [4.78, 5) is 2.26. The van der Waals surface area contributed by atoms with Crippen molar-refractivity contribution in [3.05, 3.63) is 47.8 Å². The molecule has 1 aromatic carbocycles. The average Bonchev–Trinajstić information content (AvgIpc) is 3.29. The molecule has 27 heavy (non-hydrogen) atoms. The molecule has 142 valence electrons. The number of ether oxygens (including phenoxy) is 1. The number of aromatic nitrogens is 5. The number of hydrogen-bond donors (Lipinski definition) is 0. The summed E-state index contributed by atoms with van der Waals surface area (Å²) in [6.45, 7) is 5.26. The Bertz CT molecular complexity index is 899. The van der Waals surface area contributed by atoms with Crippen LogP contribution in [0.4, 0.5) is 5.95 Å². The minimum Gasteiger partial charge on any atom is -0.378 e. The summed E-state index contributed by atoms with van der Waals surface area (Å²) in [5, 5.41) is 14.2. The molecule has 3 heterocycles. The highest BCUT2D eigenvalue weighted by Gasteiger charge is 2.22. The summed E-state index contributed by atoms with van der Waals surface area (Å²) in [6, 6.07) is 8.39. The van der Waals surface area contributed by atoms with Crippen LogP contribution in [0.3, 0.4) is 0 Å². The Morgan fingerprint density at radius 2 is 1.96 bits per heavy atom. The molecular weight excluding hydrogens is 360 g/mol. The van der Waals surface area contributed by atoms with Crippen molar-refractivity contribution < 1.29 is 4.74 Å². The maximum absolute atomic E-state index is 5.50. The molecule has 0 radical (unpaired) electrons. The molecule has 1 aliphatic rings. The summed E-state index contributed by atoms with van der Waals surface area (Å²) in [5.41, 5.74) is 3.58. The molecule has 1 aliphatic heterocycles. The maximum atomic E-state index is 5.50. The lowest BCUT2D eigenvalue weighted by Gasteiger charge is -2.28. The smallest absolute Gasteiger partial charge is 0.232 e. The number of thioether (sulfide) groups is 1. The van der Waals surface area contributed by atoms with Crippen molar-refractivity contribution in [3.8, 4) is 5.69 Å². The topological polar surface area (TPSA) is 61.0 Å². The van der Waals surface area contributed by atoms with Crippen molar-refractivity contribution in [2.45, 2.75) is 18.5 Å². The van der Waals surface area contributed by atoms with E-state index in [1.165, 1.54) is 11.1 Å². The second-order valence-electron chi connectivity index (χ2n) is 6.62. The molecule has 7 nitrogen and oxygen atoms in total. The lowest BCUT2D eigenvalue weighted by Crippen LogP contribution is -2.38. The minimum absolute atomic E-state index is 0.726. The van der Waals surface area contributed by atoms with Crippen LogP contribution in [0.15, 0.2) is 41.8 Å². The molecule has 0 N–H and O–H groups in total. The molecule has 0 amide bonds. The zero-order valence-corrected chi connectivity index (χ0v) is 16.5. The van der Waals surface area contributed by atoms with E-state index in [-0.39, 0.29) is 0 Å². The summed E-state index contributed by atoms with van der Waals surface area (Å²) in [6.07, 6.45) is 4.93. The molecule has 0 aliphatic carbocycles. The molecule has 0 bridgehead atoms. The van der Waals surface area contributed by atoms with Crippen LogP contribution in [0.5, 0.6) is 0 Å². The third-order valence-corrected chi connectivity index (χ3v) is 5.58. The second kappa shape index (κ2) is 8.14. The molecule has 8 heteroatoms. The first-order valence-corrected chi connectivity index (χ1v) is 10.2. The number of nitrogens with zero attached hydrogens (tertiary/aromatic N) is 6. The molecule has 0 saturated carbocycles. The lowest BCUT2D eigenvalue weighted by atomic mass is 10.2. The fourth-order valence-electron chi connectivity index (χ4n) is 3.21. The molecule has 2 aromatic heterocycles. The van der Waals surface area contributed by atoms with Gasteiger partial charge >= 0.3 is 0 Å². The Morgan fingerprint density at radius 3 is 2.70 bits per heavy atom. The quantitative estimate of drug-likeness (QED) is 0.609. The molecule has 0 spiro atoms. The Kier molecular flexibility index (Phi) is 5.45. The Labute approximate surface area is 163 Å². The number of morpholine rings is 1. The molecule has 1 saturated heterocycles. The standard InChI is InChI=1S/C19H24N6OS/c1-15-5-3-4-6-17(15)25-18(24-8-10-26-11-9-24)21-22-19(25)27-12-7-16-13-20-23(2)14-16/h3-6,13-14H,7-12H2,1-2H3. The van der Waals surface area contributed by atoms with Crippen LogP contribution in [0.25, 0.3) is 5.69 Å². The zero-order chi connectivity index (χ0) is 18.6. The van der Waals surface area contributed by atoms with Gasteiger partial charge in [-0.25, -0.2) is 0 Å². The van der Waals surface area contributed by atoms with E-state index in [0.717, 1.165) is 55.3 Å². The third kappa shape index (κ3) is 4.01. The largest absolute Gasteiger partial charge is 0.378 e. The number of para-hydroxylation sites is 1. The normalized spacial score (nSPS) is 14.7. The van der Waals surface area contributed by atoms with Gasteiger partial charge in [0.2, 0.25) is 5.95 Å². The fraction of sp³-hybridized carbons (Fsp3) is 0.421. The molecule has 4 rings (SSSR count). The molecule has 1 fully saturated rings. The summed E-state index contributed by atoms with van der Waals surface area (Å²) in [7, 11) is 1.94. The highest BCUT2D eigenvalue weighted by atomic mass is 32.2. The van der Waals surface area contributed by atoms with Crippen LogP contribution >= 0.6 is 11.8 Å². The Hall–Kier alpha value is -2.32. The first-order valence-electron chi connectivity index (χ1n) is 9.17. The van der Waals surface area contributed by atoms with Gasteiger partial charge in [-0.2, -0.15) is 5.10 Å². The van der Waals surface area contributed by atoms with Crippen molar-refractivity contribution >= 4 is 17.7 Å². The van der Waals surface area contributed by atoms with E-state index >= 15 is 0 Å². The van der Waals surface area contributed by atoms with E-state index in [2.05, 4.69) is 62.1 Å². The van der Waals surface area contributed by atoms with Crippen molar-refractivity contribution in [1.29, 1.82) is 0 Å². The van der Waals surface area contributed by atoms with Crippen molar-refractivity contribution in [3.63, 3.8) is 0 Å². The van der Waals surface area contributed by atoms with E-state index in [0.29, 0.717) is 0 Å². The van der Waals surface area contributed by atoms with E-state index in [1.807, 2.05) is 17.9 Å². The Balaban J connectivity index is 1.60. The molecule has 0 atom stereocenters. The van der Waals surface area contributed by atoms with Crippen molar-refractivity contribution in [1.82, 2.24) is 24.5 Å². The van der Waals surface area contributed by atoms with Crippen molar-refractivity contribution in [2.24, 2.45) is 7.05 Å². The van der Waals surface area contributed by atoms with Gasteiger partial charge in [0.1, 0.15) is 0 Å². The third-order valence-electron chi connectivity index (χ3n) is 4.65. The summed E-state index contributed by atoms with van der Waals surface area (Å²) in [5.74, 6) is 1.83. The van der Waals surface area contributed by atoms with E-state index in [9.17, 15) is 0 Å². The van der Waals surface area contributed by atoms with Gasteiger partial charge in [-0.05, 0) is 30.5 Å². The van der Waals surface area contributed by atoms with E-state index < -0.39 is 0 Å². The van der Waals surface area contributed by atoms with E-state index in [4.69, 9.17) is 4.74 Å². The number of benzene rings is 1. The monoisotopic (exact) mass is 384 g/mol. The SMILES string of the molecule is Cc1ccccc1-n1c(SCCc2cnn(C)c2)nnc1N1CCOCC1. The van der Waals surface area contributed by atoms with Crippen LogP contribution in [0.1, 0.15) is 11.1 Å². The van der Waals surface area contributed by atoms with E-state index in [1.54, 1.807) is 11.8 Å². The first-order chi connectivity index (χ1) is 13.2. The first kappa shape index (κ1) is 18.1. The van der Waals surface area contributed by atoms with Gasteiger partial charge in [0.15, 0.2) is 5.16 Å². The van der Waals surface area contributed by atoms with Gasteiger partial charge in [0.25, 0.3) is 0 Å². The zero-order valence-electron chi connectivity index (χ0n) is 15.7. The predicted octanol–water partition coefficient (Wildman–Crippen LogP) is 2.48. The number of aryl methyl sites for hydroxylation is 3. The predicted molar refractivity (Wildman–Crippen MR) is 107 cm³/mol. The number of rotatable bonds is 6. The fourth-order valence-corrected chi connectivity index (χ4v) is 4.14. The van der Waals surface area contributed by atoms with Crippen LogP contribution in [-0.4, -0.2) is 56.6 Å². The number of anilines is 1. The van der Waals surface area contributed by atoms with Crippen LogP contribution in [0.2, 0.25) is 0 Å². The average molecular weight is 385 g/mol. The molecule has 3 aromatic rings. The summed E-state index contributed by atoms with van der Waals surface area (Å²) < 4.78 is 9.53. The summed E-state index contributed by atoms with van der Waals surface area (Å²) >= 11 is 1.73. The van der Waals surface area contributed by atoms with Gasteiger partial charge in [0.05, 0.1) is 25.1 Å². The van der Waals surface area contributed by atoms with Gasteiger partial charge in [-0.15, -0.1) is 10.2 Å². The highest BCUT2D eigenvalue weighted by molar-refractivity contribution is 7.99. The van der Waals surface area contributed by atoms with Crippen molar-refractivity contribution in [2.75, 3.05) is 37.0 Å². The highest BCUT2D eigenvalue weighted by Crippen LogP contribution is 2.29. The molecule has 0 unspecified atom stereocenters. The minimum atomic E-state index is 0.726. The van der Waals surface area contributed by atoms with Crippen LogP contribution < -0.4 is 4.90 Å². The van der Waals surface area contributed by atoms with Gasteiger partial charge in [-0.1, -0.05) is 30.0 Å². The van der Waals surface area contributed by atoms with Gasteiger partial charge in [-0.3, -0.25) is 9.25 Å². The lowest BCUT2D eigenvalue weighted by molar-refractivity contribution is 0.122. The van der Waals surface area contributed by atoms with Gasteiger partial charge in [0, 0.05) is 32.1 Å². The molecular formula is C19H24N6OS. The Morgan fingerprint density at radius 1 is 1.15 bits per heavy atom. The number of hydrogen-bond acceptors (Lipinski definition) is 6. The van der Waals surface area contributed by atoms with Crippen LogP contribution in [-0.2, 0) is 18.2 Å². The maximum Gasteiger partial charge on any atom is 0.232 e. The van der Waals surface area contributed by atoms with Gasteiger partial charge < -0.3 is 9.64 Å². The second-order valence-corrected chi connectivity index (χ2v) is 7.69. The van der Waals surface area contributed by atoms with Crippen LogP contribution in [0, 0.1) is 6.92 Å².